The van der Waals surface area contributed by atoms with E-state index in [1.54, 1.807) is 74.1 Å². The van der Waals surface area contributed by atoms with E-state index in [0.29, 0.717) is 23.8 Å². The maximum atomic E-state index is 14.7. The molecule has 2 aliphatic heterocycles. The molecule has 19 heteroatoms. The Morgan fingerprint density at radius 2 is 1.16 bits per heavy atom. The Morgan fingerprint density at radius 3 is 1.73 bits per heavy atom. The molecule has 0 saturated carbocycles. The van der Waals surface area contributed by atoms with Crippen LogP contribution in [0.2, 0.25) is 5.02 Å². The molecule has 0 radical (unpaired) electrons. The number of benzene rings is 4. The number of hydrogen-bond acceptors (Lipinski definition) is 14. The van der Waals surface area contributed by atoms with Crippen molar-refractivity contribution in [3.63, 3.8) is 0 Å². The van der Waals surface area contributed by atoms with E-state index in [4.69, 9.17) is 26.8 Å². The number of amides is 2. The van der Waals surface area contributed by atoms with Gasteiger partial charge in [-0.15, -0.1) is 45.3 Å². The van der Waals surface area contributed by atoms with E-state index >= 15 is 0 Å². The van der Waals surface area contributed by atoms with Crippen LogP contribution < -0.4 is 11.1 Å². The highest BCUT2D eigenvalue weighted by Gasteiger charge is 2.32. The molecule has 6 aromatic heterocycles. The number of nitrogens with zero attached hydrogens (tertiary/aromatic N) is 6. The third kappa shape index (κ3) is 10.9. The number of carbonyl (C=O) groups is 2. The van der Waals surface area contributed by atoms with Crippen LogP contribution >= 0.6 is 56.9 Å². The molecule has 0 saturated heterocycles. The molecule has 0 spiro atoms. The van der Waals surface area contributed by atoms with Crippen LogP contribution in [-0.4, -0.2) is 67.1 Å². The smallest absolute Gasteiger partial charge is 0.410 e. The highest BCUT2D eigenvalue weighted by Crippen LogP contribution is 2.40. The first kappa shape index (κ1) is 49.2. The summed E-state index contributed by atoms with van der Waals surface area (Å²) in [7, 11) is 0. The highest BCUT2D eigenvalue weighted by molar-refractivity contribution is 7.20. The minimum atomic E-state index is -0.373. The molecule has 4 aromatic carbocycles. The SMILES string of the molecule is CC1C(c2cc3c(Cl)ccnc3s2)=CCN1C(=O)OCc1ccccc1.CC1C(c2cc3c(Nc4cc5ncsc5cc4F)ccnc3s2)=CCN1C(=O)OCc1ccccc1.Nc1cc2ncsc2cc1F. The lowest BCUT2D eigenvalue weighted by Crippen LogP contribution is -2.35. The van der Waals surface area contributed by atoms with Crippen molar-refractivity contribution in [2.24, 2.45) is 0 Å². The Hall–Kier alpha value is -7.35. The monoisotopic (exact) mass is 1070 g/mol. The van der Waals surface area contributed by atoms with E-state index in [9.17, 15) is 18.4 Å². The fourth-order valence-electron chi connectivity index (χ4n) is 8.33. The molecular weight excluding hydrogens is 1030 g/mol. The van der Waals surface area contributed by atoms with Crippen molar-refractivity contribution in [2.45, 2.75) is 39.1 Å². The van der Waals surface area contributed by atoms with Crippen LogP contribution in [0.1, 0.15) is 34.7 Å². The lowest BCUT2D eigenvalue weighted by Gasteiger charge is -2.23. The fraction of sp³-hybridized carbons (Fsp3) is 0.148. The van der Waals surface area contributed by atoms with Crippen LogP contribution in [0.3, 0.4) is 0 Å². The maximum Gasteiger partial charge on any atom is 0.410 e. The number of aromatic nitrogens is 4. The largest absolute Gasteiger partial charge is 0.445 e. The number of nitrogens with two attached hydrogens (primary N) is 1. The van der Waals surface area contributed by atoms with E-state index in [1.807, 2.05) is 80.6 Å². The van der Waals surface area contributed by atoms with Crippen molar-refractivity contribution in [1.82, 2.24) is 29.7 Å². The van der Waals surface area contributed by atoms with Crippen LogP contribution in [0.25, 0.3) is 52.0 Å². The van der Waals surface area contributed by atoms with Crippen molar-refractivity contribution in [2.75, 3.05) is 24.1 Å². The summed E-state index contributed by atoms with van der Waals surface area (Å²) < 4.78 is 40.2. The van der Waals surface area contributed by atoms with Crippen LogP contribution in [0.5, 0.6) is 0 Å². The number of carbonyl (C=O) groups excluding carboxylic acids is 2. The third-order valence-corrected chi connectivity index (χ3v) is 16.4. The lowest BCUT2D eigenvalue weighted by molar-refractivity contribution is 0.0970. The highest BCUT2D eigenvalue weighted by atomic mass is 35.5. The molecule has 12 rings (SSSR count). The molecule has 12 nitrogen and oxygen atoms in total. The second kappa shape index (κ2) is 21.8. The summed E-state index contributed by atoms with van der Waals surface area (Å²) >= 11 is 12.2. The average molecular weight is 1070 g/mol. The van der Waals surface area contributed by atoms with Gasteiger partial charge in [-0.25, -0.2) is 38.3 Å². The van der Waals surface area contributed by atoms with Gasteiger partial charge in [0.1, 0.15) is 34.5 Å². The predicted molar refractivity (Wildman–Crippen MR) is 293 cm³/mol. The number of rotatable bonds is 8. The molecule has 0 fully saturated rings. The number of hydrogen-bond donors (Lipinski definition) is 2. The first-order chi connectivity index (χ1) is 35.5. The topological polar surface area (TPSA) is 149 Å². The van der Waals surface area contributed by atoms with Gasteiger partial charge in [0.15, 0.2) is 0 Å². The summed E-state index contributed by atoms with van der Waals surface area (Å²) in [5.74, 6) is -0.703. The Labute approximate surface area is 438 Å². The van der Waals surface area contributed by atoms with Gasteiger partial charge < -0.3 is 20.5 Å². The van der Waals surface area contributed by atoms with Crippen LogP contribution in [0.4, 0.5) is 35.4 Å². The van der Waals surface area contributed by atoms with Gasteiger partial charge in [0, 0.05) is 46.0 Å². The molecule has 2 aliphatic rings. The minimum absolute atomic E-state index is 0.0508. The van der Waals surface area contributed by atoms with Crippen molar-refractivity contribution in [3.05, 3.63) is 182 Å². The van der Waals surface area contributed by atoms with E-state index in [-0.39, 0.29) is 54.8 Å². The first-order valence-corrected chi connectivity index (χ1v) is 26.6. The summed E-state index contributed by atoms with van der Waals surface area (Å²) in [5.41, 5.74) is 15.6. The van der Waals surface area contributed by atoms with Crippen LogP contribution in [0, 0.1) is 11.6 Å². The number of fused-ring (bicyclic) bond motifs is 4. The Bertz CT molecular complexity index is 3660. The van der Waals surface area contributed by atoms with Gasteiger partial charge in [0.05, 0.1) is 65.6 Å². The van der Waals surface area contributed by atoms with Gasteiger partial charge in [0.25, 0.3) is 0 Å². The number of halogens is 3. The van der Waals surface area contributed by atoms with Gasteiger partial charge in [0.2, 0.25) is 0 Å². The normalized spacial score (nSPS) is 15.2. The van der Waals surface area contributed by atoms with Gasteiger partial charge in [-0.1, -0.05) is 84.4 Å². The first-order valence-electron chi connectivity index (χ1n) is 22.8. The number of thiazole rings is 2. The molecule has 3 N–H and O–H groups in total. The van der Waals surface area contributed by atoms with Crippen molar-refractivity contribution in [1.29, 1.82) is 0 Å². The van der Waals surface area contributed by atoms with E-state index in [2.05, 4.69) is 49.5 Å². The molecule has 2 atom stereocenters. The van der Waals surface area contributed by atoms with Crippen molar-refractivity contribution >= 4 is 138 Å². The third-order valence-electron chi connectivity index (χ3n) is 12.3. The average Bonchev–Trinajstić information content (AvgIpc) is 4.28. The zero-order valence-corrected chi connectivity index (χ0v) is 43.0. The number of ether oxygens (including phenoxy) is 2. The lowest BCUT2D eigenvalue weighted by atomic mass is 10.1. The number of anilines is 3. The molecule has 10 aromatic rings. The van der Waals surface area contributed by atoms with Crippen LogP contribution in [0.15, 0.2) is 145 Å². The zero-order chi connectivity index (χ0) is 50.6. The van der Waals surface area contributed by atoms with Crippen molar-refractivity contribution < 1.29 is 27.8 Å². The summed E-state index contributed by atoms with van der Waals surface area (Å²) in [4.78, 5) is 49.7. The standard InChI is InChI=1S/C27H21FN4O2S2.C20H17ClN2O2S.C7H5FN2S/c1-16-18(8-10-32(16)27(33)34-14-17-5-3-2-4-6-17)24-11-19-21(7-9-29-26(19)36-24)31-22-13-23-25(12-20(22)28)35-15-30-23;1-13-15(18-11-16-17(21)7-9-22-19(16)26-18)8-10-23(13)20(24)25-12-14-5-3-2-4-6-14;8-4-1-7-6(2-5(4)9)10-3-11-7/h2-9,11-13,15-16H,10,14H2,1H3,(H,29,31);2-9,11,13H,10,12H2,1H3;1-3H,9H2. The summed E-state index contributed by atoms with van der Waals surface area (Å²) in [5, 5.41) is 5.77. The molecule has 368 valence electrons. The number of nitrogens with one attached hydrogen (secondary N) is 1. The summed E-state index contributed by atoms with van der Waals surface area (Å²) in [6.07, 6.45) is 6.92. The predicted octanol–water partition coefficient (Wildman–Crippen LogP) is 14.6. The van der Waals surface area contributed by atoms with Gasteiger partial charge in [-0.3, -0.25) is 9.80 Å². The zero-order valence-electron chi connectivity index (χ0n) is 39.0. The molecule has 2 amide bonds. The quantitative estimate of drug-likeness (QED) is 0.141. The van der Waals surface area contributed by atoms with E-state index < -0.39 is 0 Å². The molecule has 8 heterocycles. The van der Waals surface area contributed by atoms with E-state index in [1.165, 1.54) is 34.8 Å². The summed E-state index contributed by atoms with van der Waals surface area (Å²) in [6.45, 7) is 5.55. The molecular formula is C54H43ClF2N8O4S4. The Morgan fingerprint density at radius 1 is 0.658 bits per heavy atom. The van der Waals surface area contributed by atoms with E-state index in [0.717, 1.165) is 78.6 Å². The second-order valence-corrected chi connectivity index (χ2v) is 21.1. The Balaban J connectivity index is 0.000000143. The van der Waals surface area contributed by atoms with Crippen molar-refractivity contribution in [3.8, 4) is 0 Å². The minimum Gasteiger partial charge on any atom is -0.445 e. The summed E-state index contributed by atoms with van der Waals surface area (Å²) in [6, 6.07) is 33.0. The fourth-order valence-corrected chi connectivity index (χ4v) is 12.2. The Kier molecular flexibility index (Phi) is 14.7. The van der Waals surface area contributed by atoms with Gasteiger partial charge in [-0.05, 0) is 84.7 Å². The number of nitrogen functional groups attached to an aromatic ring is 1. The van der Waals surface area contributed by atoms with Gasteiger partial charge >= 0.3 is 12.2 Å². The number of pyridine rings is 2. The molecule has 2 unspecified atom stereocenters. The second-order valence-electron chi connectivity index (χ2n) is 16.8. The van der Waals surface area contributed by atoms with Gasteiger partial charge in [-0.2, -0.15) is 0 Å². The number of thiophene rings is 2. The van der Waals surface area contributed by atoms with Crippen LogP contribution in [-0.2, 0) is 22.7 Å². The molecule has 0 aliphatic carbocycles. The molecule has 0 bridgehead atoms. The maximum absolute atomic E-state index is 14.7. The molecule has 73 heavy (non-hydrogen) atoms.